The number of hydrogen-bond acceptors (Lipinski definition) is 6. The number of benzene rings is 1. The van der Waals surface area contributed by atoms with Crippen molar-refractivity contribution in [3.63, 3.8) is 0 Å². The lowest BCUT2D eigenvalue weighted by Crippen LogP contribution is -2.42. The van der Waals surface area contributed by atoms with Crippen molar-refractivity contribution in [2.45, 2.75) is 36.9 Å². The van der Waals surface area contributed by atoms with Gasteiger partial charge in [-0.2, -0.15) is 0 Å². The molecule has 1 aromatic rings. The second kappa shape index (κ2) is 8.70. The normalized spacial score (nSPS) is 18.0. The summed E-state index contributed by atoms with van der Waals surface area (Å²) in [5.74, 6) is -0.639. The number of carbonyl (C=O) groups is 3. The lowest BCUT2D eigenvalue weighted by Gasteiger charge is -2.14. The summed E-state index contributed by atoms with van der Waals surface area (Å²) in [7, 11) is 0. The molecule has 1 aliphatic rings. The Hall–Kier alpha value is -2.06. The molecule has 7 nitrogen and oxygen atoms in total. The van der Waals surface area contributed by atoms with Crippen molar-refractivity contribution in [1.82, 2.24) is 5.32 Å². The van der Waals surface area contributed by atoms with Gasteiger partial charge in [0.1, 0.15) is 0 Å². The van der Waals surface area contributed by atoms with Crippen molar-refractivity contribution in [2.75, 3.05) is 12.4 Å². The van der Waals surface area contributed by atoms with Gasteiger partial charge < -0.3 is 15.2 Å². The van der Waals surface area contributed by atoms with Gasteiger partial charge in [-0.05, 0) is 31.9 Å². The summed E-state index contributed by atoms with van der Waals surface area (Å²) >= 11 is 1.52. The number of nitrogens with one attached hydrogen (secondary N) is 1. The van der Waals surface area contributed by atoms with Crippen molar-refractivity contribution in [1.29, 1.82) is 0 Å². The minimum absolute atomic E-state index is 0.194. The van der Waals surface area contributed by atoms with E-state index in [1.54, 1.807) is 12.1 Å². The minimum Gasteiger partial charge on any atom is -0.449 e. The summed E-state index contributed by atoms with van der Waals surface area (Å²) in [5, 5.41) is 1.88. The molecule has 0 spiro atoms. The number of primary amides is 1. The summed E-state index contributed by atoms with van der Waals surface area (Å²) < 4.78 is 10.7. The smallest absolute Gasteiger partial charge is 0.340 e. The Labute approximate surface area is 144 Å². The second-order valence-corrected chi connectivity index (χ2v) is 6.41. The monoisotopic (exact) mass is 352 g/mol. The number of amides is 3. The highest BCUT2D eigenvalue weighted by atomic mass is 32.2. The Morgan fingerprint density at radius 3 is 2.83 bits per heavy atom. The summed E-state index contributed by atoms with van der Waals surface area (Å²) in [6.07, 6.45) is 1.14. The Bertz CT molecular complexity index is 616. The van der Waals surface area contributed by atoms with Gasteiger partial charge in [0.2, 0.25) is 0 Å². The van der Waals surface area contributed by atoms with Crippen LogP contribution in [0.1, 0.15) is 30.1 Å². The van der Waals surface area contributed by atoms with E-state index < -0.39 is 24.0 Å². The molecule has 1 saturated heterocycles. The number of urea groups is 1. The number of ether oxygens (including phenoxy) is 2. The number of nitrogens with two attached hydrogens (primary N) is 1. The molecule has 0 radical (unpaired) electrons. The molecule has 3 amide bonds. The van der Waals surface area contributed by atoms with Crippen molar-refractivity contribution >= 4 is 29.7 Å². The zero-order valence-corrected chi connectivity index (χ0v) is 14.1. The molecule has 0 unspecified atom stereocenters. The quantitative estimate of drug-likeness (QED) is 0.596. The van der Waals surface area contributed by atoms with Gasteiger partial charge in [0, 0.05) is 17.3 Å². The highest BCUT2D eigenvalue weighted by molar-refractivity contribution is 7.99. The van der Waals surface area contributed by atoms with Crippen molar-refractivity contribution in [3.05, 3.63) is 29.8 Å². The van der Waals surface area contributed by atoms with Crippen LogP contribution in [0.15, 0.2) is 29.2 Å². The van der Waals surface area contributed by atoms with E-state index in [-0.39, 0.29) is 6.10 Å². The van der Waals surface area contributed by atoms with Crippen LogP contribution in [0.2, 0.25) is 0 Å². The molecule has 1 fully saturated rings. The first kappa shape index (κ1) is 18.3. The fraction of sp³-hybridized carbons (Fsp3) is 0.438. The van der Waals surface area contributed by atoms with Crippen LogP contribution in [-0.2, 0) is 14.3 Å². The number of thioether (sulfide) groups is 1. The fourth-order valence-electron chi connectivity index (χ4n) is 2.22. The molecule has 8 heteroatoms. The van der Waals surface area contributed by atoms with Crippen molar-refractivity contribution in [3.8, 4) is 0 Å². The van der Waals surface area contributed by atoms with Gasteiger partial charge in [-0.1, -0.05) is 12.1 Å². The third-order valence-electron chi connectivity index (χ3n) is 3.46. The van der Waals surface area contributed by atoms with E-state index in [0.29, 0.717) is 5.56 Å². The predicted molar refractivity (Wildman–Crippen MR) is 88.7 cm³/mol. The van der Waals surface area contributed by atoms with Crippen LogP contribution in [0.3, 0.4) is 0 Å². The van der Waals surface area contributed by atoms with Gasteiger partial charge in [0.15, 0.2) is 6.10 Å². The molecular formula is C16H20N2O5S. The Morgan fingerprint density at radius 2 is 2.17 bits per heavy atom. The average molecular weight is 352 g/mol. The predicted octanol–water partition coefficient (Wildman–Crippen LogP) is 1.70. The molecule has 130 valence electrons. The zero-order valence-electron chi connectivity index (χ0n) is 13.3. The van der Waals surface area contributed by atoms with Crippen LogP contribution in [0.5, 0.6) is 0 Å². The third kappa shape index (κ3) is 5.24. The molecule has 1 heterocycles. The highest BCUT2D eigenvalue weighted by Crippen LogP contribution is 2.27. The molecule has 1 aromatic carbocycles. The van der Waals surface area contributed by atoms with Gasteiger partial charge in [-0.25, -0.2) is 9.59 Å². The van der Waals surface area contributed by atoms with Crippen LogP contribution >= 0.6 is 11.8 Å². The molecule has 2 rings (SSSR count). The topological polar surface area (TPSA) is 108 Å². The molecule has 0 aromatic heterocycles. The van der Waals surface area contributed by atoms with E-state index >= 15 is 0 Å². The van der Waals surface area contributed by atoms with E-state index in [1.165, 1.54) is 18.7 Å². The van der Waals surface area contributed by atoms with Crippen molar-refractivity contribution in [2.24, 2.45) is 5.73 Å². The Morgan fingerprint density at radius 1 is 1.42 bits per heavy atom. The average Bonchev–Trinajstić information content (AvgIpc) is 3.05. The van der Waals surface area contributed by atoms with E-state index in [2.05, 4.69) is 0 Å². The Balaban J connectivity index is 1.98. The molecular weight excluding hydrogens is 332 g/mol. The summed E-state index contributed by atoms with van der Waals surface area (Å²) in [6, 6.07) is 6.03. The van der Waals surface area contributed by atoms with Gasteiger partial charge in [-0.15, -0.1) is 11.8 Å². The highest BCUT2D eigenvalue weighted by Gasteiger charge is 2.22. The van der Waals surface area contributed by atoms with Gasteiger partial charge in [0.05, 0.1) is 11.7 Å². The van der Waals surface area contributed by atoms with Crippen LogP contribution in [0.25, 0.3) is 0 Å². The number of carbonyl (C=O) groups excluding carboxylic acids is 3. The molecule has 2 atom stereocenters. The number of esters is 1. The number of hydrogen-bond donors (Lipinski definition) is 2. The molecule has 0 aliphatic carbocycles. The van der Waals surface area contributed by atoms with Crippen molar-refractivity contribution < 1.29 is 23.9 Å². The van der Waals surface area contributed by atoms with Crippen LogP contribution in [0.4, 0.5) is 4.79 Å². The molecule has 24 heavy (non-hydrogen) atoms. The molecule has 3 N–H and O–H groups in total. The molecule has 0 bridgehead atoms. The van der Waals surface area contributed by atoms with Crippen LogP contribution in [-0.4, -0.2) is 42.5 Å². The summed E-state index contributed by atoms with van der Waals surface area (Å²) in [4.78, 5) is 35.3. The SMILES string of the molecule is C[C@@H](OC(=O)c1ccccc1SC[C@H]1CCCO1)C(=O)NC(N)=O. The number of rotatable bonds is 6. The van der Waals surface area contributed by atoms with Gasteiger partial charge in [-0.3, -0.25) is 10.1 Å². The molecule has 1 aliphatic heterocycles. The largest absolute Gasteiger partial charge is 0.449 e. The lowest BCUT2D eigenvalue weighted by molar-refractivity contribution is -0.127. The number of imide groups is 1. The maximum Gasteiger partial charge on any atom is 0.340 e. The first-order valence-electron chi connectivity index (χ1n) is 7.62. The Kier molecular flexibility index (Phi) is 6.62. The maximum atomic E-state index is 12.3. The third-order valence-corrected chi connectivity index (χ3v) is 4.66. The molecule has 0 saturated carbocycles. The van der Waals surface area contributed by atoms with Gasteiger partial charge in [0.25, 0.3) is 5.91 Å². The van der Waals surface area contributed by atoms with E-state index in [9.17, 15) is 14.4 Å². The van der Waals surface area contributed by atoms with Crippen LogP contribution in [0, 0.1) is 0 Å². The fourth-order valence-corrected chi connectivity index (χ4v) is 3.33. The van der Waals surface area contributed by atoms with E-state index in [1.807, 2.05) is 17.4 Å². The van der Waals surface area contributed by atoms with E-state index in [0.717, 1.165) is 30.1 Å². The summed E-state index contributed by atoms with van der Waals surface area (Å²) in [6.45, 7) is 2.15. The van der Waals surface area contributed by atoms with E-state index in [4.69, 9.17) is 15.2 Å². The maximum absolute atomic E-state index is 12.3. The van der Waals surface area contributed by atoms with Crippen LogP contribution < -0.4 is 11.1 Å². The summed E-state index contributed by atoms with van der Waals surface area (Å²) in [5.41, 5.74) is 5.24. The first-order chi connectivity index (χ1) is 11.5. The minimum atomic E-state index is -1.12. The lowest BCUT2D eigenvalue weighted by atomic mass is 10.2. The first-order valence-corrected chi connectivity index (χ1v) is 8.60. The standard InChI is InChI=1S/C16H20N2O5S/c1-10(14(19)18-16(17)21)23-15(20)12-6-2-3-7-13(12)24-9-11-5-4-8-22-11/h2-3,6-7,10-11H,4-5,8-9H2,1H3,(H3,17,18,19,21)/t10-,11-/m1/s1. The zero-order chi connectivity index (χ0) is 17.5. The second-order valence-electron chi connectivity index (χ2n) is 5.34. The van der Waals surface area contributed by atoms with Gasteiger partial charge >= 0.3 is 12.0 Å².